The van der Waals surface area contributed by atoms with Gasteiger partial charge in [-0.25, -0.2) is 0 Å². The van der Waals surface area contributed by atoms with E-state index in [0.717, 1.165) is 22.9 Å². The zero-order valence-corrected chi connectivity index (χ0v) is 23.2. The maximum Gasteiger partial charge on any atom is 0.251 e. The Balaban J connectivity index is 1.35. The van der Waals surface area contributed by atoms with Crippen molar-refractivity contribution in [2.24, 2.45) is 0 Å². The number of pyridine rings is 1. The van der Waals surface area contributed by atoms with Gasteiger partial charge in [0.15, 0.2) is 0 Å². The van der Waals surface area contributed by atoms with Gasteiger partial charge in [-0.1, -0.05) is 67.9 Å². The summed E-state index contributed by atoms with van der Waals surface area (Å²) in [7, 11) is 0. The van der Waals surface area contributed by atoms with Crippen LogP contribution in [-0.2, 0) is 16.8 Å². The fourth-order valence-electron chi connectivity index (χ4n) is 3.43. The van der Waals surface area contributed by atoms with E-state index in [9.17, 15) is 9.59 Å². The lowest BCUT2D eigenvalue weighted by Gasteiger charge is -2.20. The van der Waals surface area contributed by atoms with Crippen LogP contribution in [0, 0.1) is 0 Å². The van der Waals surface area contributed by atoms with Crippen LogP contribution in [0.4, 0.5) is 5.69 Å². The van der Waals surface area contributed by atoms with Gasteiger partial charge < -0.3 is 10.6 Å². The van der Waals surface area contributed by atoms with E-state index < -0.39 is 0 Å². The highest BCUT2D eigenvalue weighted by atomic mass is 35.5. The number of anilines is 1. The summed E-state index contributed by atoms with van der Waals surface area (Å²) in [5.41, 5.74) is 3.29. The highest BCUT2D eigenvalue weighted by Gasteiger charge is 2.19. The van der Waals surface area contributed by atoms with Crippen molar-refractivity contribution in [2.45, 2.75) is 37.9 Å². The van der Waals surface area contributed by atoms with Crippen LogP contribution in [-0.4, -0.2) is 42.8 Å². The van der Waals surface area contributed by atoms with E-state index in [0.29, 0.717) is 33.7 Å². The lowest BCUT2D eigenvalue weighted by atomic mass is 9.87. The molecule has 4 rings (SSSR count). The quantitative estimate of drug-likeness (QED) is 0.276. The molecule has 0 fully saturated rings. The van der Waals surface area contributed by atoms with Crippen LogP contribution in [0.2, 0.25) is 10.0 Å². The smallest absolute Gasteiger partial charge is 0.251 e. The van der Waals surface area contributed by atoms with Crippen molar-refractivity contribution in [3.63, 3.8) is 0 Å². The van der Waals surface area contributed by atoms with Crippen molar-refractivity contribution < 1.29 is 9.59 Å². The number of carbonyl (C=O) groups excluding carboxylic acids is 2. The summed E-state index contributed by atoms with van der Waals surface area (Å²) in [5.74, 6) is -0.568. The van der Waals surface area contributed by atoms with Crippen LogP contribution in [0.25, 0.3) is 5.69 Å². The van der Waals surface area contributed by atoms with E-state index in [2.05, 4.69) is 51.9 Å². The molecule has 0 bridgehead atoms. The fourth-order valence-corrected chi connectivity index (χ4v) is 4.60. The first kappa shape index (κ1) is 27.6. The summed E-state index contributed by atoms with van der Waals surface area (Å²) in [6.45, 7) is 6.65. The number of rotatable bonds is 8. The number of hydrogen-bond acceptors (Lipinski definition) is 7. The lowest BCUT2D eigenvalue weighted by Crippen LogP contribution is -2.23. The van der Waals surface area contributed by atoms with Gasteiger partial charge in [0.2, 0.25) is 11.1 Å². The number of nitrogens with zero attached hydrogens (tertiary/aromatic N) is 5. The van der Waals surface area contributed by atoms with Crippen molar-refractivity contribution in [3.05, 3.63) is 87.7 Å². The molecule has 2 aromatic heterocycles. The number of tetrazole rings is 1. The number of carbonyl (C=O) groups is 2. The van der Waals surface area contributed by atoms with Crippen molar-refractivity contribution in [1.29, 1.82) is 0 Å². The molecule has 0 spiro atoms. The van der Waals surface area contributed by atoms with Gasteiger partial charge in [-0.3, -0.25) is 14.6 Å². The third-order valence-corrected chi connectivity index (χ3v) is 7.03. The molecule has 0 radical (unpaired) electrons. The van der Waals surface area contributed by atoms with Crippen molar-refractivity contribution in [2.75, 3.05) is 11.1 Å². The van der Waals surface area contributed by atoms with E-state index in [-0.39, 0.29) is 28.0 Å². The summed E-state index contributed by atoms with van der Waals surface area (Å²) in [4.78, 5) is 29.1. The Bertz CT molecular complexity index is 1460. The standard InChI is InChI=1S/C26H25Cl2N7O2S/c1-26(2,3)18-7-9-22(20(28)12-18)35-25(32-33-34-35)38-15-23(36)31-21-8-6-17(11-19(21)27)24(37)30-14-16-5-4-10-29-13-16/h4-13H,14-15H2,1-3H3,(H,30,37)(H,31,36). The van der Waals surface area contributed by atoms with E-state index in [1.165, 1.54) is 10.7 Å². The molecule has 196 valence electrons. The van der Waals surface area contributed by atoms with Gasteiger partial charge in [-0.05, 0) is 63.4 Å². The number of amides is 2. The van der Waals surface area contributed by atoms with E-state index >= 15 is 0 Å². The Morgan fingerprint density at radius 2 is 1.87 bits per heavy atom. The van der Waals surface area contributed by atoms with Crippen LogP contribution in [0.5, 0.6) is 0 Å². The number of halogens is 2. The molecule has 0 aliphatic heterocycles. The van der Waals surface area contributed by atoms with Gasteiger partial charge in [-0.2, -0.15) is 4.68 Å². The van der Waals surface area contributed by atoms with Crippen molar-refractivity contribution in [1.82, 2.24) is 30.5 Å². The van der Waals surface area contributed by atoms with E-state index in [1.54, 1.807) is 30.6 Å². The monoisotopic (exact) mass is 569 g/mol. The zero-order valence-electron chi connectivity index (χ0n) is 20.9. The molecule has 0 aliphatic rings. The summed E-state index contributed by atoms with van der Waals surface area (Å²) in [6, 6.07) is 14.1. The van der Waals surface area contributed by atoms with Crippen LogP contribution >= 0.6 is 35.0 Å². The van der Waals surface area contributed by atoms with Gasteiger partial charge in [0.1, 0.15) is 0 Å². The summed E-state index contributed by atoms with van der Waals surface area (Å²) >= 11 is 14.0. The Hall–Kier alpha value is -3.47. The largest absolute Gasteiger partial charge is 0.348 e. The predicted octanol–water partition coefficient (Wildman–Crippen LogP) is 5.32. The number of thioether (sulfide) groups is 1. The molecule has 2 heterocycles. The first-order valence-corrected chi connectivity index (χ1v) is 13.3. The Kier molecular flexibility index (Phi) is 8.65. The van der Waals surface area contributed by atoms with Gasteiger partial charge in [-0.15, -0.1) is 5.10 Å². The first-order chi connectivity index (χ1) is 18.1. The van der Waals surface area contributed by atoms with Crippen molar-refractivity contribution in [3.8, 4) is 5.69 Å². The number of hydrogen-bond donors (Lipinski definition) is 2. The Labute approximate surface area is 234 Å². The third kappa shape index (κ3) is 6.89. The molecule has 0 saturated carbocycles. The SMILES string of the molecule is CC(C)(C)c1ccc(-n2nnnc2SCC(=O)Nc2ccc(C(=O)NCc3cccnc3)cc2Cl)c(Cl)c1. The second-order valence-electron chi connectivity index (χ2n) is 9.36. The average Bonchev–Trinajstić information content (AvgIpc) is 3.35. The Morgan fingerprint density at radius 1 is 1.05 bits per heavy atom. The topological polar surface area (TPSA) is 115 Å². The molecular weight excluding hydrogens is 545 g/mol. The van der Waals surface area contributed by atoms with Gasteiger partial charge in [0.05, 0.1) is 27.2 Å². The maximum atomic E-state index is 12.6. The normalized spacial score (nSPS) is 11.3. The minimum absolute atomic E-state index is 0.0295. The minimum atomic E-state index is -0.311. The van der Waals surface area contributed by atoms with Gasteiger partial charge in [0.25, 0.3) is 5.91 Å². The van der Waals surface area contributed by atoms with Crippen LogP contribution in [0.15, 0.2) is 66.1 Å². The highest BCUT2D eigenvalue weighted by molar-refractivity contribution is 7.99. The Morgan fingerprint density at radius 3 is 2.55 bits per heavy atom. The molecule has 0 saturated heterocycles. The molecule has 4 aromatic rings. The number of nitrogens with one attached hydrogen (secondary N) is 2. The molecule has 2 N–H and O–H groups in total. The molecule has 12 heteroatoms. The molecule has 0 aliphatic carbocycles. The lowest BCUT2D eigenvalue weighted by molar-refractivity contribution is -0.113. The average molecular weight is 571 g/mol. The predicted molar refractivity (Wildman–Crippen MR) is 149 cm³/mol. The van der Waals surface area contributed by atoms with E-state index in [1.807, 2.05) is 24.3 Å². The fraction of sp³-hybridized carbons (Fsp3) is 0.231. The molecule has 0 atom stereocenters. The summed E-state index contributed by atoms with van der Waals surface area (Å²) in [6.07, 6.45) is 3.35. The molecule has 2 amide bonds. The minimum Gasteiger partial charge on any atom is -0.348 e. The number of benzene rings is 2. The van der Waals surface area contributed by atoms with Gasteiger partial charge in [0, 0.05) is 24.5 Å². The summed E-state index contributed by atoms with van der Waals surface area (Å²) < 4.78 is 1.50. The maximum absolute atomic E-state index is 12.6. The van der Waals surface area contributed by atoms with Crippen LogP contribution in [0.3, 0.4) is 0 Å². The second kappa shape index (κ2) is 11.9. The zero-order chi connectivity index (χ0) is 27.3. The molecular formula is C26H25Cl2N7O2S. The molecule has 2 aromatic carbocycles. The first-order valence-electron chi connectivity index (χ1n) is 11.6. The van der Waals surface area contributed by atoms with Crippen LogP contribution < -0.4 is 10.6 Å². The number of aromatic nitrogens is 5. The van der Waals surface area contributed by atoms with Gasteiger partial charge >= 0.3 is 0 Å². The third-order valence-electron chi connectivity index (χ3n) is 5.50. The molecule has 9 nitrogen and oxygen atoms in total. The van der Waals surface area contributed by atoms with Crippen LogP contribution in [0.1, 0.15) is 42.3 Å². The summed E-state index contributed by atoms with van der Waals surface area (Å²) in [5, 5.41) is 18.5. The van der Waals surface area contributed by atoms with Crippen molar-refractivity contribution >= 4 is 52.5 Å². The molecule has 0 unspecified atom stereocenters. The van der Waals surface area contributed by atoms with E-state index in [4.69, 9.17) is 23.2 Å². The second-order valence-corrected chi connectivity index (χ2v) is 11.1. The highest BCUT2D eigenvalue weighted by Crippen LogP contribution is 2.30. The molecule has 38 heavy (non-hydrogen) atoms.